The first-order valence-corrected chi connectivity index (χ1v) is 7.30. The summed E-state index contributed by atoms with van der Waals surface area (Å²) in [7, 11) is -3.26. The van der Waals surface area contributed by atoms with Crippen molar-refractivity contribution in [2.24, 2.45) is 5.84 Å². The van der Waals surface area contributed by atoms with Crippen molar-refractivity contribution >= 4 is 15.7 Å². The fraction of sp³-hybridized carbons (Fsp3) is 0.0833. The Kier molecular flexibility index (Phi) is 3.68. The van der Waals surface area contributed by atoms with Crippen molar-refractivity contribution in [2.75, 3.05) is 11.7 Å². The average molecular weight is 279 g/mol. The summed E-state index contributed by atoms with van der Waals surface area (Å²) in [6, 6.07) is 11.3. The first-order chi connectivity index (χ1) is 8.99. The van der Waals surface area contributed by atoms with E-state index in [0.29, 0.717) is 17.4 Å². The van der Waals surface area contributed by atoms with E-state index in [1.165, 1.54) is 12.1 Å². The zero-order valence-corrected chi connectivity index (χ0v) is 11.0. The summed E-state index contributed by atoms with van der Waals surface area (Å²) >= 11 is 0. The Morgan fingerprint density at radius 3 is 2.63 bits per heavy atom. The highest BCUT2D eigenvalue weighted by Crippen LogP contribution is 2.23. The van der Waals surface area contributed by atoms with Crippen molar-refractivity contribution in [2.45, 2.75) is 4.90 Å². The molecule has 2 aromatic rings. The van der Waals surface area contributed by atoms with E-state index in [2.05, 4.69) is 10.4 Å². The average Bonchev–Trinajstić information content (AvgIpc) is 2.38. The van der Waals surface area contributed by atoms with Gasteiger partial charge in [-0.15, -0.1) is 0 Å². The number of nitrogens with two attached hydrogens (primary N) is 1. The molecule has 0 bridgehead atoms. The molecule has 0 saturated carbocycles. The molecule has 0 radical (unpaired) electrons. The Morgan fingerprint density at radius 1 is 1.21 bits per heavy atom. The van der Waals surface area contributed by atoms with Gasteiger partial charge in [-0.1, -0.05) is 12.1 Å². The molecule has 0 unspecified atom stereocenters. The van der Waals surface area contributed by atoms with Gasteiger partial charge in [0, 0.05) is 12.3 Å². The molecule has 1 aromatic carbocycles. The van der Waals surface area contributed by atoms with Crippen LogP contribution in [-0.2, 0) is 9.84 Å². The van der Waals surface area contributed by atoms with Gasteiger partial charge in [-0.3, -0.25) is 0 Å². The lowest BCUT2D eigenvalue weighted by Crippen LogP contribution is -2.08. The van der Waals surface area contributed by atoms with Crippen molar-refractivity contribution in [3.63, 3.8) is 0 Å². The fourth-order valence-electron chi connectivity index (χ4n) is 1.44. The van der Waals surface area contributed by atoms with Gasteiger partial charge in [0.1, 0.15) is 11.6 Å². The van der Waals surface area contributed by atoms with Crippen LogP contribution in [0.4, 0.5) is 5.82 Å². The van der Waals surface area contributed by atoms with Crippen LogP contribution >= 0.6 is 0 Å². The van der Waals surface area contributed by atoms with Crippen LogP contribution < -0.4 is 16.0 Å². The third-order valence-corrected chi connectivity index (χ3v) is 3.44. The van der Waals surface area contributed by atoms with Crippen molar-refractivity contribution in [3.05, 3.63) is 42.5 Å². The minimum absolute atomic E-state index is 0.193. The van der Waals surface area contributed by atoms with Crippen LogP contribution in [0.3, 0.4) is 0 Å². The number of aromatic nitrogens is 1. The van der Waals surface area contributed by atoms with E-state index >= 15 is 0 Å². The zero-order chi connectivity index (χ0) is 13.9. The minimum atomic E-state index is -3.26. The molecule has 0 aliphatic carbocycles. The second-order valence-corrected chi connectivity index (χ2v) is 5.87. The monoisotopic (exact) mass is 279 g/mol. The summed E-state index contributed by atoms with van der Waals surface area (Å²) in [5.74, 6) is 6.41. The first kappa shape index (κ1) is 13.3. The van der Waals surface area contributed by atoms with Crippen LogP contribution in [0.1, 0.15) is 0 Å². The quantitative estimate of drug-likeness (QED) is 0.651. The minimum Gasteiger partial charge on any atom is -0.439 e. The number of nitrogen functional groups attached to an aromatic ring is 1. The largest absolute Gasteiger partial charge is 0.439 e. The normalized spacial score (nSPS) is 11.1. The molecule has 1 aromatic heterocycles. The molecule has 0 spiro atoms. The molecule has 19 heavy (non-hydrogen) atoms. The number of anilines is 1. The van der Waals surface area contributed by atoms with E-state index in [1.54, 1.807) is 30.3 Å². The third-order valence-electron chi connectivity index (χ3n) is 2.33. The van der Waals surface area contributed by atoms with Gasteiger partial charge in [0.2, 0.25) is 5.88 Å². The Morgan fingerprint density at radius 2 is 1.95 bits per heavy atom. The number of benzene rings is 1. The lowest BCUT2D eigenvalue weighted by atomic mass is 10.3. The molecule has 0 saturated heterocycles. The van der Waals surface area contributed by atoms with Gasteiger partial charge in [0.25, 0.3) is 0 Å². The Bertz CT molecular complexity index is 686. The van der Waals surface area contributed by atoms with Crippen LogP contribution in [0.15, 0.2) is 47.4 Å². The van der Waals surface area contributed by atoms with Crippen LogP contribution in [0.25, 0.3) is 0 Å². The molecule has 0 atom stereocenters. The van der Waals surface area contributed by atoms with Gasteiger partial charge in [-0.25, -0.2) is 14.3 Å². The smallest absolute Gasteiger partial charge is 0.221 e. The maximum atomic E-state index is 11.4. The maximum absolute atomic E-state index is 11.4. The first-order valence-electron chi connectivity index (χ1n) is 5.41. The number of pyridine rings is 1. The number of rotatable bonds is 4. The molecule has 0 aliphatic heterocycles. The predicted octanol–water partition coefficient (Wildman–Crippen LogP) is 1.56. The van der Waals surface area contributed by atoms with E-state index in [-0.39, 0.29) is 4.90 Å². The van der Waals surface area contributed by atoms with Crippen molar-refractivity contribution < 1.29 is 13.2 Å². The molecule has 0 fully saturated rings. The van der Waals surface area contributed by atoms with E-state index < -0.39 is 9.84 Å². The van der Waals surface area contributed by atoms with Gasteiger partial charge in [-0.2, -0.15) is 4.98 Å². The molecule has 1 heterocycles. The number of ether oxygens (including phenoxy) is 1. The van der Waals surface area contributed by atoms with Crippen LogP contribution in [0.5, 0.6) is 11.6 Å². The Balaban J connectivity index is 2.28. The Hall–Kier alpha value is -2.12. The number of nitrogens with zero attached hydrogens (tertiary/aromatic N) is 1. The third kappa shape index (κ3) is 3.43. The number of hydrogen-bond acceptors (Lipinski definition) is 6. The molecule has 100 valence electrons. The van der Waals surface area contributed by atoms with Crippen LogP contribution in [0, 0.1) is 0 Å². The van der Waals surface area contributed by atoms with Crippen molar-refractivity contribution in [3.8, 4) is 11.6 Å². The molecule has 0 amide bonds. The summed E-state index contributed by atoms with van der Waals surface area (Å²) in [4.78, 5) is 4.26. The second kappa shape index (κ2) is 5.25. The lowest BCUT2D eigenvalue weighted by Gasteiger charge is -2.07. The fourth-order valence-corrected chi connectivity index (χ4v) is 2.10. The summed E-state index contributed by atoms with van der Waals surface area (Å²) in [5, 5.41) is 0. The van der Waals surface area contributed by atoms with E-state index in [1.807, 2.05) is 0 Å². The molecule has 3 N–H and O–H groups in total. The molecular weight excluding hydrogens is 266 g/mol. The van der Waals surface area contributed by atoms with E-state index in [0.717, 1.165) is 6.26 Å². The van der Waals surface area contributed by atoms with Gasteiger partial charge < -0.3 is 10.2 Å². The Labute approximate surface area is 111 Å². The highest BCUT2D eigenvalue weighted by molar-refractivity contribution is 7.90. The summed E-state index contributed by atoms with van der Waals surface area (Å²) < 4.78 is 28.4. The summed E-state index contributed by atoms with van der Waals surface area (Å²) in [6.07, 6.45) is 1.14. The molecule has 2 rings (SSSR count). The standard InChI is InChI=1S/C12H13N3O3S/c1-19(16,17)10-5-2-4-9(8-10)18-12-7-3-6-11(14-12)15-13/h2-8H,13H2,1H3,(H,14,15). The van der Waals surface area contributed by atoms with Gasteiger partial charge in [-0.05, 0) is 24.3 Å². The highest BCUT2D eigenvalue weighted by Gasteiger charge is 2.08. The van der Waals surface area contributed by atoms with Crippen molar-refractivity contribution in [1.29, 1.82) is 0 Å². The number of nitrogens with one attached hydrogen (secondary N) is 1. The predicted molar refractivity (Wildman–Crippen MR) is 71.7 cm³/mol. The summed E-state index contributed by atoms with van der Waals surface area (Å²) in [5.41, 5.74) is 2.40. The van der Waals surface area contributed by atoms with E-state index in [9.17, 15) is 8.42 Å². The van der Waals surface area contributed by atoms with E-state index in [4.69, 9.17) is 10.6 Å². The molecule has 6 nitrogen and oxygen atoms in total. The lowest BCUT2D eigenvalue weighted by molar-refractivity contribution is 0.462. The maximum Gasteiger partial charge on any atom is 0.221 e. The number of hydrogen-bond donors (Lipinski definition) is 2. The molecule has 0 aliphatic rings. The molecule has 7 heteroatoms. The van der Waals surface area contributed by atoms with Gasteiger partial charge >= 0.3 is 0 Å². The summed E-state index contributed by atoms with van der Waals surface area (Å²) in [6.45, 7) is 0. The number of sulfone groups is 1. The van der Waals surface area contributed by atoms with Crippen molar-refractivity contribution in [1.82, 2.24) is 4.98 Å². The zero-order valence-electron chi connectivity index (χ0n) is 10.2. The number of hydrazine groups is 1. The topological polar surface area (TPSA) is 94.3 Å². The van der Waals surface area contributed by atoms with Gasteiger partial charge in [0.05, 0.1) is 4.90 Å². The molecular formula is C12H13N3O3S. The SMILES string of the molecule is CS(=O)(=O)c1cccc(Oc2cccc(NN)n2)c1. The van der Waals surface area contributed by atoms with Crippen LogP contribution in [-0.4, -0.2) is 19.7 Å². The van der Waals surface area contributed by atoms with Crippen LogP contribution in [0.2, 0.25) is 0 Å². The van der Waals surface area contributed by atoms with Gasteiger partial charge in [0.15, 0.2) is 9.84 Å². The second-order valence-electron chi connectivity index (χ2n) is 3.85. The highest BCUT2D eigenvalue weighted by atomic mass is 32.2.